The van der Waals surface area contributed by atoms with Gasteiger partial charge in [-0.1, -0.05) is 26.7 Å². The lowest BCUT2D eigenvalue weighted by molar-refractivity contribution is 0.390. The molecular formula is C11H27N3O2S. The second kappa shape index (κ2) is 6.68. The van der Waals surface area contributed by atoms with Crippen LogP contribution in [0.4, 0.5) is 0 Å². The van der Waals surface area contributed by atoms with Gasteiger partial charge in [0.05, 0.1) is 0 Å². The molecule has 17 heavy (non-hydrogen) atoms. The van der Waals surface area contributed by atoms with Crippen LogP contribution >= 0.6 is 0 Å². The van der Waals surface area contributed by atoms with Crippen molar-refractivity contribution in [2.45, 2.75) is 59.0 Å². The molecule has 0 heterocycles. The molecule has 104 valence electrons. The minimum absolute atomic E-state index is 0.137. The summed E-state index contributed by atoms with van der Waals surface area (Å²) in [4.78, 5) is 0. The number of nitrogens with two attached hydrogens (primary N) is 1. The van der Waals surface area contributed by atoms with Gasteiger partial charge in [-0.15, -0.1) is 0 Å². The highest BCUT2D eigenvalue weighted by molar-refractivity contribution is 7.87. The Hall–Kier alpha value is -0.170. The van der Waals surface area contributed by atoms with Gasteiger partial charge in [-0.2, -0.15) is 13.1 Å². The SMILES string of the molecule is CCC(CC)C(N)CNS(=O)(=O)NC(C)(C)C. The summed E-state index contributed by atoms with van der Waals surface area (Å²) in [6.07, 6.45) is 1.93. The van der Waals surface area contributed by atoms with Crippen LogP contribution in [-0.4, -0.2) is 26.5 Å². The summed E-state index contributed by atoms with van der Waals surface area (Å²) in [5, 5.41) is 0. The molecule has 0 spiro atoms. The van der Waals surface area contributed by atoms with E-state index in [2.05, 4.69) is 23.3 Å². The first-order chi connectivity index (χ1) is 7.61. The second-order valence-electron chi connectivity index (χ2n) is 5.44. The number of hydrogen-bond acceptors (Lipinski definition) is 3. The molecule has 4 N–H and O–H groups in total. The topological polar surface area (TPSA) is 84.2 Å². The molecule has 0 aromatic carbocycles. The average Bonchev–Trinajstić information content (AvgIpc) is 2.13. The summed E-state index contributed by atoms with van der Waals surface area (Å²) in [6, 6.07) is -0.137. The van der Waals surface area contributed by atoms with E-state index in [0.29, 0.717) is 5.92 Å². The fourth-order valence-electron chi connectivity index (χ4n) is 1.71. The molecule has 6 heteroatoms. The minimum Gasteiger partial charge on any atom is -0.326 e. The van der Waals surface area contributed by atoms with Gasteiger partial charge in [0.1, 0.15) is 0 Å². The number of hydrogen-bond donors (Lipinski definition) is 3. The predicted octanol–water partition coefficient (Wildman–Crippen LogP) is 0.972. The Balaban J connectivity index is 4.28. The zero-order valence-corrected chi connectivity index (χ0v) is 12.4. The maximum Gasteiger partial charge on any atom is 0.277 e. The highest BCUT2D eigenvalue weighted by Crippen LogP contribution is 2.10. The third-order valence-corrected chi connectivity index (χ3v) is 4.03. The second-order valence-corrected chi connectivity index (χ2v) is 6.94. The quantitative estimate of drug-likeness (QED) is 0.641. The van der Waals surface area contributed by atoms with Gasteiger partial charge in [0.15, 0.2) is 0 Å². The summed E-state index contributed by atoms with van der Waals surface area (Å²) in [5.74, 6) is 0.354. The third-order valence-electron chi connectivity index (χ3n) is 2.60. The third kappa shape index (κ3) is 7.70. The minimum atomic E-state index is -3.46. The summed E-state index contributed by atoms with van der Waals surface area (Å²) >= 11 is 0. The normalized spacial score (nSPS) is 15.2. The Kier molecular flexibility index (Phi) is 6.61. The summed E-state index contributed by atoms with van der Waals surface area (Å²) in [7, 11) is -3.46. The maximum absolute atomic E-state index is 11.7. The molecule has 0 radical (unpaired) electrons. The van der Waals surface area contributed by atoms with Gasteiger partial charge in [-0.05, 0) is 26.7 Å². The molecule has 0 aliphatic rings. The lowest BCUT2D eigenvalue weighted by atomic mass is 9.95. The molecule has 0 fully saturated rings. The Morgan fingerprint density at radius 2 is 1.65 bits per heavy atom. The highest BCUT2D eigenvalue weighted by atomic mass is 32.2. The molecule has 0 saturated heterocycles. The largest absolute Gasteiger partial charge is 0.326 e. The molecular weight excluding hydrogens is 238 g/mol. The number of nitrogens with one attached hydrogen (secondary N) is 2. The lowest BCUT2D eigenvalue weighted by Gasteiger charge is -2.24. The van der Waals surface area contributed by atoms with Crippen LogP contribution in [0.2, 0.25) is 0 Å². The Labute approximate surface area is 106 Å². The first-order valence-electron chi connectivity index (χ1n) is 6.15. The van der Waals surface area contributed by atoms with Crippen molar-refractivity contribution in [3.63, 3.8) is 0 Å². The summed E-state index contributed by atoms with van der Waals surface area (Å²) in [5.41, 5.74) is 5.47. The maximum atomic E-state index is 11.7. The average molecular weight is 265 g/mol. The first kappa shape index (κ1) is 16.8. The van der Waals surface area contributed by atoms with E-state index in [1.54, 1.807) is 20.8 Å². The van der Waals surface area contributed by atoms with Gasteiger partial charge in [0.2, 0.25) is 0 Å². The molecule has 0 aromatic rings. The zero-order chi connectivity index (χ0) is 13.7. The van der Waals surface area contributed by atoms with E-state index < -0.39 is 15.7 Å². The van der Waals surface area contributed by atoms with Crippen molar-refractivity contribution in [3.05, 3.63) is 0 Å². The van der Waals surface area contributed by atoms with Crippen LogP contribution in [0.3, 0.4) is 0 Å². The standard InChI is InChI=1S/C11H27N3O2S/c1-6-9(7-2)10(12)8-13-17(15,16)14-11(3,4)5/h9-10,13-14H,6-8,12H2,1-5H3. The van der Waals surface area contributed by atoms with Crippen molar-refractivity contribution in [2.24, 2.45) is 11.7 Å². The van der Waals surface area contributed by atoms with Crippen LogP contribution in [0.5, 0.6) is 0 Å². The van der Waals surface area contributed by atoms with Crippen molar-refractivity contribution in [2.75, 3.05) is 6.54 Å². The highest BCUT2D eigenvalue weighted by Gasteiger charge is 2.21. The zero-order valence-electron chi connectivity index (χ0n) is 11.6. The molecule has 0 saturated carbocycles. The van der Waals surface area contributed by atoms with Crippen LogP contribution in [-0.2, 0) is 10.2 Å². The molecule has 5 nitrogen and oxygen atoms in total. The molecule has 0 rings (SSSR count). The molecule has 0 aliphatic heterocycles. The van der Waals surface area contributed by atoms with Crippen molar-refractivity contribution in [1.82, 2.24) is 9.44 Å². The monoisotopic (exact) mass is 265 g/mol. The first-order valence-corrected chi connectivity index (χ1v) is 7.63. The Morgan fingerprint density at radius 3 is 2.00 bits per heavy atom. The fourth-order valence-corrected chi connectivity index (χ4v) is 3.00. The van der Waals surface area contributed by atoms with Crippen LogP contribution in [0.15, 0.2) is 0 Å². The van der Waals surface area contributed by atoms with Crippen LogP contribution in [0, 0.1) is 5.92 Å². The van der Waals surface area contributed by atoms with E-state index in [4.69, 9.17) is 5.73 Å². The van der Waals surface area contributed by atoms with Gasteiger partial charge in [-0.25, -0.2) is 4.72 Å². The number of rotatable bonds is 7. The van der Waals surface area contributed by atoms with Crippen LogP contribution in [0.1, 0.15) is 47.5 Å². The summed E-state index contributed by atoms with van der Waals surface area (Å²) in [6.45, 7) is 9.80. The van der Waals surface area contributed by atoms with E-state index in [9.17, 15) is 8.42 Å². The van der Waals surface area contributed by atoms with Gasteiger partial charge in [0.25, 0.3) is 10.2 Å². The van der Waals surface area contributed by atoms with E-state index >= 15 is 0 Å². The van der Waals surface area contributed by atoms with Crippen LogP contribution < -0.4 is 15.2 Å². The molecule has 1 atom stereocenters. The molecule has 1 unspecified atom stereocenters. The Bertz CT molecular complexity index is 305. The van der Waals surface area contributed by atoms with Gasteiger partial charge in [0, 0.05) is 18.1 Å². The molecule has 0 aliphatic carbocycles. The van der Waals surface area contributed by atoms with E-state index in [-0.39, 0.29) is 12.6 Å². The summed E-state index contributed by atoms with van der Waals surface area (Å²) < 4.78 is 28.4. The van der Waals surface area contributed by atoms with Crippen molar-refractivity contribution < 1.29 is 8.42 Å². The van der Waals surface area contributed by atoms with Crippen molar-refractivity contribution >= 4 is 10.2 Å². The predicted molar refractivity (Wildman–Crippen MR) is 71.9 cm³/mol. The Morgan fingerprint density at radius 1 is 1.18 bits per heavy atom. The van der Waals surface area contributed by atoms with Gasteiger partial charge in [-0.3, -0.25) is 0 Å². The van der Waals surface area contributed by atoms with E-state index in [1.807, 2.05) is 0 Å². The van der Waals surface area contributed by atoms with Crippen LogP contribution in [0.25, 0.3) is 0 Å². The van der Waals surface area contributed by atoms with E-state index in [1.165, 1.54) is 0 Å². The van der Waals surface area contributed by atoms with Gasteiger partial charge >= 0.3 is 0 Å². The smallest absolute Gasteiger partial charge is 0.277 e. The lowest BCUT2D eigenvalue weighted by Crippen LogP contribution is -2.50. The molecule has 0 amide bonds. The molecule has 0 aromatic heterocycles. The van der Waals surface area contributed by atoms with Gasteiger partial charge < -0.3 is 5.73 Å². The van der Waals surface area contributed by atoms with Crippen molar-refractivity contribution in [1.29, 1.82) is 0 Å². The molecule has 0 bridgehead atoms. The van der Waals surface area contributed by atoms with Crippen molar-refractivity contribution in [3.8, 4) is 0 Å². The van der Waals surface area contributed by atoms with E-state index in [0.717, 1.165) is 12.8 Å². The fraction of sp³-hybridized carbons (Fsp3) is 1.00.